The van der Waals surface area contributed by atoms with Gasteiger partial charge in [0.25, 0.3) is 0 Å². The van der Waals surface area contributed by atoms with E-state index in [2.05, 4.69) is 6.92 Å². The third kappa shape index (κ3) is 0.334. The van der Waals surface area contributed by atoms with E-state index in [1.807, 2.05) is 0 Å². The quantitative estimate of drug-likeness (QED) is 0.498. The van der Waals surface area contributed by atoms with Gasteiger partial charge in [-0.25, -0.2) is 0 Å². The van der Waals surface area contributed by atoms with E-state index in [0.717, 1.165) is 11.8 Å². The van der Waals surface area contributed by atoms with Gasteiger partial charge in [-0.2, -0.15) is 0 Å². The van der Waals surface area contributed by atoms with Crippen LogP contribution in [0.15, 0.2) is 0 Å². The van der Waals surface area contributed by atoms with Gasteiger partial charge in [0.2, 0.25) is 0 Å². The highest BCUT2D eigenvalue weighted by Gasteiger charge is 2.53. The normalized spacial score (nSPS) is 60.8. The molecule has 3 saturated carbocycles. The molecule has 3 atom stereocenters. The highest BCUT2D eigenvalue weighted by molar-refractivity contribution is 5.10. The molecular formula is C7H13N. The van der Waals surface area contributed by atoms with Gasteiger partial charge in [0.15, 0.2) is 0 Å². The van der Waals surface area contributed by atoms with Crippen LogP contribution in [0.2, 0.25) is 0 Å². The van der Waals surface area contributed by atoms with Crippen molar-refractivity contribution < 1.29 is 0 Å². The molecule has 3 aliphatic carbocycles. The van der Waals surface area contributed by atoms with E-state index in [1.54, 1.807) is 0 Å². The molecule has 0 radical (unpaired) electrons. The average molecular weight is 111 g/mol. The zero-order chi connectivity index (χ0) is 5.78. The van der Waals surface area contributed by atoms with E-state index in [4.69, 9.17) is 5.73 Å². The summed E-state index contributed by atoms with van der Waals surface area (Å²) in [7, 11) is 0. The first-order valence-electron chi connectivity index (χ1n) is 3.51. The summed E-state index contributed by atoms with van der Waals surface area (Å²) in [6, 6.07) is 0. The Morgan fingerprint density at radius 2 is 2.38 bits per heavy atom. The molecule has 1 heteroatoms. The Morgan fingerprint density at radius 3 is 2.50 bits per heavy atom. The van der Waals surface area contributed by atoms with Gasteiger partial charge in [0.05, 0.1) is 0 Å². The maximum Gasteiger partial charge on any atom is 0.0185 e. The van der Waals surface area contributed by atoms with E-state index in [1.165, 1.54) is 19.3 Å². The van der Waals surface area contributed by atoms with Crippen molar-refractivity contribution in [3.63, 3.8) is 0 Å². The van der Waals surface area contributed by atoms with Crippen LogP contribution in [0.5, 0.6) is 0 Å². The molecule has 2 bridgehead atoms. The minimum atomic E-state index is 0.296. The molecule has 3 unspecified atom stereocenters. The Hall–Kier alpha value is -0.0400. The second kappa shape index (κ2) is 1.10. The van der Waals surface area contributed by atoms with Crippen LogP contribution in [-0.2, 0) is 0 Å². The lowest BCUT2D eigenvalue weighted by molar-refractivity contribution is 0.136. The topological polar surface area (TPSA) is 26.0 Å². The molecule has 0 amide bonds. The molecule has 3 aliphatic rings. The maximum absolute atomic E-state index is 5.99. The van der Waals surface area contributed by atoms with Crippen LogP contribution in [0, 0.1) is 11.8 Å². The molecule has 0 saturated heterocycles. The van der Waals surface area contributed by atoms with E-state index in [9.17, 15) is 0 Å². The second-order valence-electron chi connectivity index (χ2n) is 3.52. The predicted molar refractivity (Wildman–Crippen MR) is 33.4 cm³/mol. The molecule has 0 aliphatic heterocycles. The molecular weight excluding hydrogens is 98.1 g/mol. The standard InChI is InChI=1S/C7H13N/c1-5-6-2-3-7(5,8)4-6/h5-6H,2-4,8H2,1H3. The summed E-state index contributed by atoms with van der Waals surface area (Å²) in [4.78, 5) is 0. The first-order chi connectivity index (χ1) is 3.72. The number of rotatable bonds is 0. The zero-order valence-corrected chi connectivity index (χ0v) is 5.35. The lowest BCUT2D eigenvalue weighted by atomic mass is 9.68. The van der Waals surface area contributed by atoms with Crippen molar-refractivity contribution >= 4 is 0 Å². The molecule has 2 N–H and O–H groups in total. The Morgan fingerprint density at radius 1 is 1.62 bits per heavy atom. The average Bonchev–Trinajstić information content (AvgIpc) is 2.21. The molecule has 8 heavy (non-hydrogen) atoms. The van der Waals surface area contributed by atoms with Crippen LogP contribution < -0.4 is 5.73 Å². The predicted octanol–water partition coefficient (Wildman–Crippen LogP) is 1.13. The Bertz CT molecular complexity index is 118. The number of hydrogen-bond donors (Lipinski definition) is 1. The van der Waals surface area contributed by atoms with Gasteiger partial charge in [0.1, 0.15) is 0 Å². The first kappa shape index (κ1) is 4.80. The van der Waals surface area contributed by atoms with Gasteiger partial charge in [0, 0.05) is 5.54 Å². The molecule has 0 spiro atoms. The third-order valence-corrected chi connectivity index (χ3v) is 3.24. The van der Waals surface area contributed by atoms with Gasteiger partial charge in [-0.3, -0.25) is 0 Å². The zero-order valence-electron chi connectivity index (χ0n) is 5.35. The molecule has 0 heterocycles. The minimum Gasteiger partial charge on any atom is -0.325 e. The summed E-state index contributed by atoms with van der Waals surface area (Å²) < 4.78 is 0. The van der Waals surface area contributed by atoms with E-state index < -0.39 is 0 Å². The molecule has 1 nitrogen and oxygen atoms in total. The SMILES string of the molecule is CC1C2CCC1(N)C2. The van der Waals surface area contributed by atoms with Crippen molar-refractivity contribution in [2.75, 3.05) is 0 Å². The van der Waals surface area contributed by atoms with E-state index in [0.29, 0.717) is 5.54 Å². The number of nitrogens with two attached hydrogens (primary N) is 1. The van der Waals surface area contributed by atoms with Gasteiger partial charge in [-0.15, -0.1) is 0 Å². The minimum absolute atomic E-state index is 0.296. The monoisotopic (exact) mass is 111 g/mol. The third-order valence-electron chi connectivity index (χ3n) is 3.24. The Labute approximate surface area is 50.3 Å². The summed E-state index contributed by atoms with van der Waals surface area (Å²) in [5, 5.41) is 0. The molecule has 0 aromatic carbocycles. The van der Waals surface area contributed by atoms with Crippen LogP contribution in [0.3, 0.4) is 0 Å². The lowest BCUT2D eigenvalue weighted by Crippen LogP contribution is -2.52. The number of fused-ring (bicyclic) bond motifs is 1. The molecule has 0 aromatic rings. The molecule has 0 aromatic heterocycles. The van der Waals surface area contributed by atoms with Gasteiger partial charge in [-0.1, -0.05) is 6.92 Å². The fourth-order valence-electron chi connectivity index (χ4n) is 2.30. The van der Waals surface area contributed by atoms with Crippen molar-refractivity contribution in [1.82, 2.24) is 0 Å². The highest BCUT2D eigenvalue weighted by Crippen LogP contribution is 2.54. The van der Waals surface area contributed by atoms with Gasteiger partial charge in [-0.05, 0) is 31.1 Å². The Balaban J connectivity index is 2.22. The van der Waals surface area contributed by atoms with Crippen LogP contribution in [-0.4, -0.2) is 5.54 Å². The fourth-order valence-corrected chi connectivity index (χ4v) is 2.30. The van der Waals surface area contributed by atoms with Crippen molar-refractivity contribution in [3.05, 3.63) is 0 Å². The lowest BCUT2D eigenvalue weighted by Gasteiger charge is -2.42. The number of hydrogen-bond acceptors (Lipinski definition) is 1. The molecule has 46 valence electrons. The van der Waals surface area contributed by atoms with Gasteiger partial charge < -0.3 is 5.73 Å². The summed E-state index contributed by atoms with van der Waals surface area (Å²) in [5.41, 5.74) is 6.28. The summed E-state index contributed by atoms with van der Waals surface area (Å²) in [6.45, 7) is 2.29. The molecule has 3 rings (SSSR count). The van der Waals surface area contributed by atoms with E-state index in [-0.39, 0.29) is 0 Å². The highest BCUT2D eigenvalue weighted by atomic mass is 14.8. The van der Waals surface area contributed by atoms with Crippen LogP contribution in [0.4, 0.5) is 0 Å². The second-order valence-corrected chi connectivity index (χ2v) is 3.52. The smallest absolute Gasteiger partial charge is 0.0185 e. The van der Waals surface area contributed by atoms with Crippen molar-refractivity contribution in [1.29, 1.82) is 0 Å². The largest absolute Gasteiger partial charge is 0.325 e. The first-order valence-corrected chi connectivity index (χ1v) is 3.51. The van der Waals surface area contributed by atoms with Crippen LogP contribution >= 0.6 is 0 Å². The maximum atomic E-state index is 5.99. The van der Waals surface area contributed by atoms with Crippen LogP contribution in [0.1, 0.15) is 26.2 Å². The van der Waals surface area contributed by atoms with Crippen LogP contribution in [0.25, 0.3) is 0 Å². The van der Waals surface area contributed by atoms with Crippen molar-refractivity contribution in [3.8, 4) is 0 Å². The Kier molecular flexibility index (Phi) is 0.663. The van der Waals surface area contributed by atoms with E-state index >= 15 is 0 Å². The fraction of sp³-hybridized carbons (Fsp3) is 1.00. The van der Waals surface area contributed by atoms with Crippen molar-refractivity contribution in [2.45, 2.75) is 31.7 Å². The van der Waals surface area contributed by atoms with Crippen molar-refractivity contribution in [2.24, 2.45) is 17.6 Å². The van der Waals surface area contributed by atoms with Gasteiger partial charge >= 0.3 is 0 Å². The summed E-state index contributed by atoms with van der Waals surface area (Å²) in [5.74, 6) is 1.84. The summed E-state index contributed by atoms with van der Waals surface area (Å²) >= 11 is 0. The molecule has 3 fully saturated rings. The summed E-state index contributed by atoms with van der Waals surface area (Å²) in [6.07, 6.45) is 4.00.